The number of nitrogens with one attached hydrogen (secondary N) is 2. The van der Waals surface area contributed by atoms with Crippen LogP contribution in [-0.4, -0.2) is 122 Å². The van der Waals surface area contributed by atoms with Crippen molar-refractivity contribution in [3.63, 3.8) is 0 Å². The minimum absolute atomic E-state index is 0.139. The van der Waals surface area contributed by atoms with Gasteiger partial charge in [-0.15, -0.1) is 9.05 Å². The van der Waals surface area contributed by atoms with Gasteiger partial charge in [-0.1, -0.05) is 12.2 Å². The maximum absolute atomic E-state index is 15.3. The van der Waals surface area contributed by atoms with Crippen LogP contribution in [0.2, 0.25) is 0 Å². The van der Waals surface area contributed by atoms with Crippen molar-refractivity contribution in [2.45, 2.75) is 49.2 Å². The number of thiol groups is 2. The number of rotatable bonds is 15. The SMILES string of the molecule is C=Nc1c(C(=NC)NC/C=C/CNc2ncnc3c2ncn3[C@@H]2OC(CO)[C@@H](O[P+](=O)S)[C@H]2F)ncn1[C@@H]1O[C@H](CO)[C@@H](O[P+](=O)S)[C@H]1F. The molecule has 18 nitrogen and oxygen atoms in total. The molecule has 5 heterocycles. The number of hydrogen-bond donors (Lipinski definition) is 6. The predicted octanol–water partition coefficient (Wildman–Crippen LogP) is 2.39. The number of nitrogens with zero attached hydrogens (tertiary/aromatic N) is 8. The van der Waals surface area contributed by atoms with Crippen molar-refractivity contribution < 1.29 is 46.6 Å². The second kappa shape index (κ2) is 16.8. The van der Waals surface area contributed by atoms with Gasteiger partial charge in [0.2, 0.25) is 0 Å². The first kappa shape index (κ1) is 37.2. The van der Waals surface area contributed by atoms with E-state index < -0.39 is 76.9 Å². The second-order valence-electron chi connectivity index (χ2n) is 10.3. The lowest BCUT2D eigenvalue weighted by Gasteiger charge is -2.16. The normalized spacial score (nSPS) is 28.0. The largest absolute Gasteiger partial charge is 0.582 e. The number of aliphatic hydroxyl groups excluding tert-OH is 2. The maximum Gasteiger partial charge on any atom is 0.582 e. The van der Waals surface area contributed by atoms with E-state index in [1.165, 1.54) is 35.2 Å². The summed E-state index contributed by atoms with van der Waals surface area (Å²) in [7, 11) is -3.37. The van der Waals surface area contributed by atoms with Crippen LogP contribution in [0.5, 0.6) is 0 Å². The number of hydrogen-bond acceptors (Lipinski definition) is 15. The molecule has 2 saturated heterocycles. The smallest absolute Gasteiger partial charge is 0.394 e. The first-order chi connectivity index (χ1) is 23.6. The fourth-order valence-electron chi connectivity index (χ4n) is 5.37. The van der Waals surface area contributed by atoms with Crippen LogP contribution in [0, 0.1) is 0 Å². The van der Waals surface area contributed by atoms with Gasteiger partial charge >= 0.3 is 14.5 Å². The molecule has 5 rings (SSSR count). The molecule has 3 aromatic rings. The van der Waals surface area contributed by atoms with Gasteiger partial charge in [0.05, 0.1) is 25.9 Å². The van der Waals surface area contributed by atoms with Crippen molar-refractivity contribution in [1.82, 2.24) is 34.4 Å². The number of aliphatic imine (C=N–C) groups is 2. The van der Waals surface area contributed by atoms with Gasteiger partial charge in [-0.25, -0.2) is 33.7 Å². The van der Waals surface area contributed by atoms with Gasteiger partial charge in [-0.05, 0) is 15.8 Å². The van der Waals surface area contributed by atoms with E-state index >= 15 is 8.78 Å². The van der Waals surface area contributed by atoms with E-state index in [1.807, 2.05) is 0 Å². The molecule has 49 heavy (non-hydrogen) atoms. The lowest BCUT2D eigenvalue weighted by molar-refractivity contribution is -0.0435. The molecule has 2 fully saturated rings. The van der Waals surface area contributed by atoms with Gasteiger partial charge in [0.15, 0.2) is 65.6 Å². The molecule has 2 aliphatic rings. The number of aromatic nitrogens is 6. The van der Waals surface area contributed by atoms with Crippen molar-refractivity contribution in [1.29, 1.82) is 0 Å². The Labute approximate surface area is 289 Å². The highest BCUT2D eigenvalue weighted by Gasteiger charge is 2.52. The molecule has 0 radical (unpaired) electrons. The van der Waals surface area contributed by atoms with E-state index in [1.54, 1.807) is 12.2 Å². The molecule has 10 atom stereocenters. The Morgan fingerprint density at radius 3 is 2.16 bits per heavy atom. The summed E-state index contributed by atoms with van der Waals surface area (Å²) in [6.45, 7) is 3.02. The first-order valence-electron chi connectivity index (χ1n) is 14.4. The van der Waals surface area contributed by atoms with Crippen LogP contribution in [0.3, 0.4) is 0 Å². The zero-order chi connectivity index (χ0) is 35.2. The van der Waals surface area contributed by atoms with Gasteiger partial charge in [-0.2, -0.15) is 0 Å². The predicted molar refractivity (Wildman–Crippen MR) is 180 cm³/mol. The summed E-state index contributed by atoms with van der Waals surface area (Å²) in [5.74, 6) is 0.818. The molecular formula is C25H32F2N10O8P2S2+2. The summed E-state index contributed by atoms with van der Waals surface area (Å²) in [6.07, 6.45) is -3.48. The number of ether oxygens (including phenoxy) is 2. The van der Waals surface area contributed by atoms with Crippen molar-refractivity contribution in [3.05, 3.63) is 36.8 Å². The lowest BCUT2D eigenvalue weighted by Crippen LogP contribution is -2.31. The fourth-order valence-corrected chi connectivity index (χ4v) is 6.94. The van der Waals surface area contributed by atoms with Crippen LogP contribution in [0.25, 0.3) is 11.2 Å². The van der Waals surface area contributed by atoms with Crippen LogP contribution in [-0.2, 0) is 27.7 Å². The summed E-state index contributed by atoms with van der Waals surface area (Å²) in [5, 5.41) is 25.4. The molecule has 4 N–H and O–H groups in total. The quantitative estimate of drug-likeness (QED) is 0.0430. The monoisotopic (exact) mass is 764 g/mol. The van der Waals surface area contributed by atoms with Crippen molar-refractivity contribution >= 4 is 74.3 Å². The highest BCUT2D eigenvalue weighted by Crippen LogP contribution is 2.43. The van der Waals surface area contributed by atoms with Crippen LogP contribution in [0.4, 0.5) is 20.4 Å². The van der Waals surface area contributed by atoms with Crippen LogP contribution < -0.4 is 10.6 Å². The molecule has 0 bridgehead atoms. The highest BCUT2D eigenvalue weighted by molar-refractivity contribution is 8.39. The topological polar surface area (TPSA) is 222 Å². The van der Waals surface area contributed by atoms with E-state index in [4.69, 9.17) is 18.5 Å². The molecule has 2 aliphatic heterocycles. The van der Waals surface area contributed by atoms with Crippen LogP contribution in [0.15, 0.2) is 41.1 Å². The Bertz CT molecular complexity index is 1740. The minimum Gasteiger partial charge on any atom is -0.394 e. The molecule has 3 unspecified atom stereocenters. The molecular weight excluding hydrogens is 732 g/mol. The van der Waals surface area contributed by atoms with Gasteiger partial charge < -0.3 is 30.3 Å². The third-order valence-electron chi connectivity index (χ3n) is 7.53. The Kier molecular flexibility index (Phi) is 12.7. The maximum atomic E-state index is 15.3. The molecule has 0 aliphatic carbocycles. The fraction of sp³-hybridized carbons (Fsp3) is 0.520. The Balaban J connectivity index is 1.20. The number of imidazole rings is 2. The molecule has 0 saturated carbocycles. The van der Waals surface area contributed by atoms with E-state index in [2.05, 4.69) is 71.8 Å². The van der Waals surface area contributed by atoms with Gasteiger partial charge in [0, 0.05) is 20.1 Å². The Morgan fingerprint density at radius 1 is 1.00 bits per heavy atom. The van der Waals surface area contributed by atoms with E-state index in [0.717, 1.165) is 0 Å². The third kappa shape index (κ3) is 7.98. The van der Waals surface area contributed by atoms with Crippen molar-refractivity contribution in [3.8, 4) is 0 Å². The summed E-state index contributed by atoms with van der Waals surface area (Å²) in [5.41, 5.74) is 0.848. The molecule has 264 valence electrons. The summed E-state index contributed by atoms with van der Waals surface area (Å²) < 4.78 is 77.4. The Morgan fingerprint density at radius 2 is 1.59 bits per heavy atom. The molecule has 0 amide bonds. The standard InChI is InChI=1S/C25H30F2N10O8P2S2/c1-28-20(16-22(29-2)36(10-34-16)24-14(26)18(44-46(40)48)12(7-38)42-24)30-5-3-4-6-31-21-17-23(33-9-32-21)37(11-35-17)25-15(27)19(45-47(41)49)13(8-39)43-25/h3-4,9-15,18-19,24-25,38-39H,2,5-8H2,1H3,(H2-2,28,30,31,32,33,40,41,48,49)/p+2/b4-3+/t12-,13?,14-,15-,18-,19-,24-,25-/m1/s1. The third-order valence-corrected chi connectivity index (χ3v) is 8.94. The first-order valence-corrected chi connectivity index (χ1v) is 19.1. The van der Waals surface area contributed by atoms with E-state index in [-0.39, 0.29) is 17.2 Å². The number of amidine groups is 1. The summed E-state index contributed by atoms with van der Waals surface area (Å²) in [4.78, 5) is 25.2. The summed E-state index contributed by atoms with van der Waals surface area (Å²) in [6, 6.07) is 0. The summed E-state index contributed by atoms with van der Waals surface area (Å²) >= 11 is 7.34. The average molecular weight is 765 g/mol. The number of fused-ring (bicyclic) bond motifs is 1. The van der Waals surface area contributed by atoms with E-state index in [0.29, 0.717) is 30.3 Å². The second-order valence-corrected chi connectivity index (χ2v) is 13.7. The number of aliphatic hydroxyl groups is 2. The zero-order valence-corrected chi connectivity index (χ0v) is 29.1. The zero-order valence-electron chi connectivity index (χ0n) is 25.5. The van der Waals surface area contributed by atoms with Crippen LogP contribution in [0.1, 0.15) is 18.1 Å². The molecule has 0 spiro atoms. The number of anilines is 1. The molecule has 24 heteroatoms. The lowest BCUT2D eigenvalue weighted by atomic mass is 10.1. The molecule has 3 aromatic heterocycles. The van der Waals surface area contributed by atoms with Crippen molar-refractivity contribution in [2.75, 3.05) is 38.7 Å². The number of halogens is 2. The Hall–Kier alpha value is -3.04. The van der Waals surface area contributed by atoms with Crippen LogP contribution >= 0.6 is 39.0 Å². The van der Waals surface area contributed by atoms with Crippen molar-refractivity contribution in [2.24, 2.45) is 9.98 Å². The number of alkyl halides is 2. The van der Waals surface area contributed by atoms with Gasteiger partial charge in [0.25, 0.3) is 0 Å². The minimum atomic E-state index is -2.45. The molecule has 0 aromatic carbocycles. The van der Waals surface area contributed by atoms with Gasteiger partial charge in [0.1, 0.15) is 48.7 Å². The van der Waals surface area contributed by atoms with Gasteiger partial charge in [-0.3, -0.25) is 14.1 Å². The average Bonchev–Trinajstić information content (AvgIpc) is 3.85. The van der Waals surface area contributed by atoms with E-state index in [9.17, 15) is 19.3 Å². The highest BCUT2D eigenvalue weighted by atomic mass is 32.7.